The summed E-state index contributed by atoms with van der Waals surface area (Å²) in [5.41, 5.74) is 0. The average Bonchev–Trinajstić information content (AvgIpc) is 2.50. The molecule has 2 nitrogen and oxygen atoms in total. The summed E-state index contributed by atoms with van der Waals surface area (Å²) in [7, 11) is 0. The minimum Gasteiger partial charge on any atom is -0.396 e. The Morgan fingerprint density at radius 2 is 0.905 bits per heavy atom. The summed E-state index contributed by atoms with van der Waals surface area (Å²) in [5, 5.41) is 12.3. The molecule has 0 radical (unpaired) electrons. The van der Waals surface area contributed by atoms with Gasteiger partial charge in [0.1, 0.15) is 0 Å². The number of hydrogen-bond donors (Lipinski definition) is 2. The molecule has 0 saturated carbocycles. The number of hydrogen-bond acceptors (Lipinski definition) is 2. The summed E-state index contributed by atoms with van der Waals surface area (Å²) >= 11 is 0. The highest BCUT2D eigenvalue weighted by atomic mass is 16.2. The van der Waals surface area contributed by atoms with E-state index < -0.39 is 0 Å². The average molecular weight is 300 g/mol. The Bertz CT molecular complexity index is 155. The zero-order valence-corrected chi connectivity index (χ0v) is 14.7. The Kier molecular flexibility index (Phi) is 19.8. The van der Waals surface area contributed by atoms with Gasteiger partial charge in [0.2, 0.25) is 0 Å². The maximum absolute atomic E-state index is 8.68. The van der Waals surface area contributed by atoms with Crippen molar-refractivity contribution >= 4 is 0 Å². The van der Waals surface area contributed by atoms with Gasteiger partial charge in [0.15, 0.2) is 0 Å². The van der Waals surface area contributed by atoms with Gasteiger partial charge in [-0.2, -0.15) is 0 Å². The summed E-state index contributed by atoms with van der Waals surface area (Å²) in [6, 6.07) is 0. The Morgan fingerprint density at radius 3 is 1.33 bits per heavy atom. The molecule has 0 unspecified atom stereocenters. The van der Waals surface area contributed by atoms with Crippen LogP contribution in [-0.4, -0.2) is 24.8 Å². The summed E-state index contributed by atoms with van der Waals surface area (Å²) in [6.07, 6.45) is 20.2. The van der Waals surface area contributed by atoms with Crippen molar-refractivity contribution in [3.8, 4) is 0 Å². The molecule has 0 atom stereocenters. The summed E-state index contributed by atoms with van der Waals surface area (Å²) < 4.78 is 0. The first kappa shape index (κ1) is 20.9. The summed E-state index contributed by atoms with van der Waals surface area (Å²) in [6.45, 7) is 5.07. The Balaban J connectivity index is 2.90. The monoisotopic (exact) mass is 299 g/mol. The molecule has 0 saturated heterocycles. The van der Waals surface area contributed by atoms with E-state index in [0.717, 1.165) is 6.42 Å². The van der Waals surface area contributed by atoms with Gasteiger partial charge in [0.05, 0.1) is 0 Å². The second-order valence-corrected chi connectivity index (χ2v) is 6.42. The van der Waals surface area contributed by atoms with Crippen LogP contribution in [0.4, 0.5) is 0 Å². The first-order valence-electron chi connectivity index (χ1n) is 9.73. The lowest BCUT2D eigenvalue weighted by Crippen LogP contribution is -2.16. The molecule has 2 heteroatoms. The van der Waals surface area contributed by atoms with Crippen molar-refractivity contribution in [2.24, 2.45) is 0 Å². The smallest absolute Gasteiger partial charge is 0.0431 e. The van der Waals surface area contributed by atoms with Crippen LogP contribution in [0, 0.1) is 0 Å². The molecule has 0 aromatic rings. The van der Waals surface area contributed by atoms with Crippen molar-refractivity contribution in [3.05, 3.63) is 0 Å². The molecular weight excluding hydrogens is 258 g/mol. The molecule has 0 aliphatic heterocycles. The van der Waals surface area contributed by atoms with Gasteiger partial charge in [-0.05, 0) is 32.4 Å². The van der Waals surface area contributed by atoms with Crippen LogP contribution in [0.3, 0.4) is 0 Å². The zero-order chi connectivity index (χ0) is 15.4. The second kappa shape index (κ2) is 19.9. The molecule has 2 N–H and O–H groups in total. The molecule has 0 aromatic carbocycles. The first-order chi connectivity index (χ1) is 10.4. The number of unbranched alkanes of at least 4 members (excludes halogenated alkanes) is 13. The molecule has 0 bridgehead atoms. The van der Waals surface area contributed by atoms with Crippen LogP contribution < -0.4 is 5.32 Å². The van der Waals surface area contributed by atoms with E-state index in [1.54, 1.807) is 0 Å². The number of rotatable bonds is 18. The number of aliphatic hydroxyl groups is 1. The van der Waals surface area contributed by atoms with E-state index in [4.69, 9.17) is 5.11 Å². The van der Waals surface area contributed by atoms with Gasteiger partial charge in [-0.1, -0.05) is 84.0 Å². The molecule has 21 heavy (non-hydrogen) atoms. The third kappa shape index (κ3) is 19.9. The van der Waals surface area contributed by atoms with Crippen molar-refractivity contribution in [2.45, 2.75) is 103 Å². The first-order valence-corrected chi connectivity index (χ1v) is 9.73. The maximum Gasteiger partial charge on any atom is 0.0431 e. The SMILES string of the molecule is CCCCCCCCCNCCCCCCCCCCO. The maximum atomic E-state index is 8.68. The van der Waals surface area contributed by atoms with Crippen LogP contribution in [0.15, 0.2) is 0 Å². The van der Waals surface area contributed by atoms with Gasteiger partial charge < -0.3 is 10.4 Å². The minimum atomic E-state index is 0.365. The van der Waals surface area contributed by atoms with Crippen LogP contribution in [-0.2, 0) is 0 Å². The largest absolute Gasteiger partial charge is 0.396 e. The lowest BCUT2D eigenvalue weighted by Gasteiger charge is -2.05. The molecular formula is C19H41NO. The summed E-state index contributed by atoms with van der Waals surface area (Å²) in [4.78, 5) is 0. The van der Waals surface area contributed by atoms with Crippen LogP contribution in [0.25, 0.3) is 0 Å². The standard InChI is InChI=1S/C19H41NO/c1-2-3-4-5-8-11-14-17-20-18-15-12-9-6-7-10-13-16-19-21/h20-21H,2-19H2,1H3. The molecule has 0 amide bonds. The molecule has 128 valence electrons. The van der Waals surface area contributed by atoms with Crippen molar-refractivity contribution in [2.75, 3.05) is 19.7 Å². The van der Waals surface area contributed by atoms with Crippen LogP contribution >= 0.6 is 0 Å². The number of aliphatic hydroxyl groups excluding tert-OH is 1. The lowest BCUT2D eigenvalue weighted by molar-refractivity contribution is 0.282. The quantitative estimate of drug-likeness (QED) is 0.330. The van der Waals surface area contributed by atoms with Crippen LogP contribution in [0.1, 0.15) is 103 Å². The van der Waals surface area contributed by atoms with Gasteiger partial charge in [-0.25, -0.2) is 0 Å². The Labute approximate surface area is 134 Å². The van der Waals surface area contributed by atoms with Gasteiger partial charge in [0, 0.05) is 6.61 Å². The van der Waals surface area contributed by atoms with Crippen LogP contribution in [0.2, 0.25) is 0 Å². The zero-order valence-electron chi connectivity index (χ0n) is 14.7. The molecule has 0 aliphatic rings. The lowest BCUT2D eigenvalue weighted by atomic mass is 10.1. The fourth-order valence-electron chi connectivity index (χ4n) is 2.75. The van der Waals surface area contributed by atoms with E-state index in [-0.39, 0.29) is 0 Å². The molecule has 0 heterocycles. The van der Waals surface area contributed by atoms with E-state index in [2.05, 4.69) is 12.2 Å². The molecule has 0 rings (SSSR count). The predicted molar refractivity (Wildman–Crippen MR) is 94.9 cm³/mol. The van der Waals surface area contributed by atoms with Crippen molar-refractivity contribution in [1.82, 2.24) is 5.32 Å². The van der Waals surface area contributed by atoms with Crippen molar-refractivity contribution in [1.29, 1.82) is 0 Å². The highest BCUT2D eigenvalue weighted by molar-refractivity contribution is 4.52. The molecule has 0 aromatic heterocycles. The van der Waals surface area contributed by atoms with E-state index in [1.165, 1.54) is 103 Å². The number of nitrogens with one attached hydrogen (secondary N) is 1. The predicted octanol–water partition coefficient (Wildman–Crippen LogP) is 5.44. The topological polar surface area (TPSA) is 32.3 Å². The van der Waals surface area contributed by atoms with Gasteiger partial charge in [-0.15, -0.1) is 0 Å². The Morgan fingerprint density at radius 1 is 0.524 bits per heavy atom. The highest BCUT2D eigenvalue weighted by Gasteiger charge is 1.93. The van der Waals surface area contributed by atoms with E-state index in [1.807, 2.05) is 0 Å². The van der Waals surface area contributed by atoms with E-state index >= 15 is 0 Å². The summed E-state index contributed by atoms with van der Waals surface area (Å²) in [5.74, 6) is 0. The van der Waals surface area contributed by atoms with Crippen molar-refractivity contribution in [3.63, 3.8) is 0 Å². The van der Waals surface area contributed by atoms with Crippen molar-refractivity contribution < 1.29 is 5.11 Å². The molecule has 0 fully saturated rings. The third-order valence-corrected chi connectivity index (χ3v) is 4.22. The van der Waals surface area contributed by atoms with E-state index in [0.29, 0.717) is 6.61 Å². The van der Waals surface area contributed by atoms with E-state index in [9.17, 15) is 0 Å². The minimum absolute atomic E-state index is 0.365. The van der Waals surface area contributed by atoms with Gasteiger partial charge in [-0.3, -0.25) is 0 Å². The Hall–Kier alpha value is -0.0800. The second-order valence-electron chi connectivity index (χ2n) is 6.42. The highest BCUT2D eigenvalue weighted by Crippen LogP contribution is 2.08. The fourth-order valence-corrected chi connectivity index (χ4v) is 2.75. The van der Waals surface area contributed by atoms with Gasteiger partial charge >= 0.3 is 0 Å². The van der Waals surface area contributed by atoms with Gasteiger partial charge in [0.25, 0.3) is 0 Å². The normalized spacial score (nSPS) is 11.1. The molecule has 0 spiro atoms. The fraction of sp³-hybridized carbons (Fsp3) is 1.00. The van der Waals surface area contributed by atoms with Crippen LogP contribution in [0.5, 0.6) is 0 Å². The third-order valence-electron chi connectivity index (χ3n) is 4.22. The molecule has 0 aliphatic carbocycles.